The van der Waals surface area contributed by atoms with Crippen LogP contribution in [0.5, 0.6) is 0 Å². The molecular formula is C28H46O3Si. The first-order valence-corrected chi connectivity index (χ1v) is 15.3. The first-order chi connectivity index (χ1) is 14.8. The zero-order valence-electron chi connectivity index (χ0n) is 21.8. The summed E-state index contributed by atoms with van der Waals surface area (Å²) in [4.78, 5) is 0. The van der Waals surface area contributed by atoms with E-state index < -0.39 is 8.32 Å². The van der Waals surface area contributed by atoms with Crippen LogP contribution in [-0.2, 0) is 20.5 Å². The highest BCUT2D eigenvalue weighted by atomic mass is 28.4. The lowest BCUT2D eigenvalue weighted by molar-refractivity contribution is -0.133. The van der Waals surface area contributed by atoms with E-state index in [0.29, 0.717) is 25.4 Å². The molecule has 0 heterocycles. The molecule has 180 valence electrons. The number of hydrogen-bond donors (Lipinski definition) is 0. The van der Waals surface area contributed by atoms with Crippen LogP contribution in [0.15, 0.2) is 42.5 Å². The van der Waals surface area contributed by atoms with Gasteiger partial charge in [0.05, 0.1) is 18.8 Å². The molecule has 0 bridgehead atoms. The number of rotatable bonds is 7. The molecule has 2 aliphatic rings. The number of fused-ring (bicyclic) bond motifs is 1. The van der Waals surface area contributed by atoms with Gasteiger partial charge in [0.25, 0.3) is 0 Å². The molecule has 0 amide bonds. The summed E-state index contributed by atoms with van der Waals surface area (Å²) in [5, 5.41) is 0.235. The first kappa shape index (κ1) is 25.7. The molecule has 0 aromatic heterocycles. The summed E-state index contributed by atoms with van der Waals surface area (Å²) >= 11 is 0. The van der Waals surface area contributed by atoms with Crippen molar-refractivity contribution in [1.29, 1.82) is 0 Å². The Morgan fingerprint density at radius 1 is 1.03 bits per heavy atom. The van der Waals surface area contributed by atoms with Gasteiger partial charge in [-0.3, -0.25) is 0 Å². The zero-order chi connectivity index (χ0) is 23.8. The lowest BCUT2D eigenvalue weighted by atomic mass is 9.49. The molecule has 2 saturated carbocycles. The van der Waals surface area contributed by atoms with Gasteiger partial charge in [0.1, 0.15) is 6.79 Å². The van der Waals surface area contributed by atoms with Crippen LogP contribution < -0.4 is 0 Å². The minimum Gasteiger partial charge on any atom is -0.413 e. The summed E-state index contributed by atoms with van der Waals surface area (Å²) in [5.41, 5.74) is 2.66. The molecule has 0 radical (unpaired) electrons. The fourth-order valence-corrected chi connectivity index (χ4v) is 7.24. The van der Waals surface area contributed by atoms with Crippen LogP contribution in [0.4, 0.5) is 0 Å². The second-order valence-corrected chi connectivity index (χ2v) is 17.2. The molecular weight excluding hydrogens is 412 g/mol. The lowest BCUT2D eigenvalue weighted by Gasteiger charge is -2.60. The summed E-state index contributed by atoms with van der Waals surface area (Å²) in [6.07, 6.45) is 4.81. The zero-order valence-corrected chi connectivity index (χ0v) is 22.8. The minimum atomic E-state index is -1.81. The third kappa shape index (κ3) is 5.09. The van der Waals surface area contributed by atoms with E-state index in [1.165, 1.54) is 11.1 Å². The standard InChI is InChI=1S/C28H46O3Si/c1-21-23(30-20-29-19-22-13-11-10-12-14-22)15-16-24-27(5,6)25(17-18-28(21,24)7)31-32(8,9)26(2,3)4/h10-14,23-25H,1,15-20H2,2-9H3/t23-,24?,25+,28-/m1/s1. The monoisotopic (exact) mass is 458 g/mol. The molecule has 32 heavy (non-hydrogen) atoms. The van der Waals surface area contributed by atoms with Gasteiger partial charge in [0, 0.05) is 0 Å². The Kier molecular flexibility index (Phi) is 7.51. The largest absolute Gasteiger partial charge is 0.413 e. The molecule has 0 N–H and O–H groups in total. The quantitative estimate of drug-likeness (QED) is 0.181. The molecule has 1 unspecified atom stereocenters. The minimum absolute atomic E-state index is 0.0840. The first-order valence-electron chi connectivity index (χ1n) is 12.4. The smallest absolute Gasteiger partial charge is 0.192 e. The summed E-state index contributed by atoms with van der Waals surface area (Å²) < 4.78 is 19.0. The van der Waals surface area contributed by atoms with Crippen molar-refractivity contribution < 1.29 is 13.9 Å². The van der Waals surface area contributed by atoms with Crippen molar-refractivity contribution in [3.05, 3.63) is 48.0 Å². The third-order valence-electron chi connectivity index (χ3n) is 8.97. The van der Waals surface area contributed by atoms with Crippen LogP contribution >= 0.6 is 0 Å². The van der Waals surface area contributed by atoms with E-state index >= 15 is 0 Å². The van der Waals surface area contributed by atoms with E-state index in [9.17, 15) is 0 Å². The highest BCUT2D eigenvalue weighted by molar-refractivity contribution is 6.74. The van der Waals surface area contributed by atoms with Gasteiger partial charge in [0.2, 0.25) is 0 Å². The average Bonchev–Trinajstić information content (AvgIpc) is 2.70. The van der Waals surface area contributed by atoms with Crippen molar-refractivity contribution in [1.82, 2.24) is 0 Å². The maximum absolute atomic E-state index is 6.99. The highest BCUT2D eigenvalue weighted by Gasteiger charge is 2.57. The van der Waals surface area contributed by atoms with E-state index in [1.807, 2.05) is 18.2 Å². The van der Waals surface area contributed by atoms with Gasteiger partial charge in [0.15, 0.2) is 8.32 Å². The van der Waals surface area contributed by atoms with E-state index in [2.05, 4.69) is 73.3 Å². The van der Waals surface area contributed by atoms with Gasteiger partial charge in [-0.1, -0.05) is 78.5 Å². The predicted molar refractivity (Wildman–Crippen MR) is 136 cm³/mol. The van der Waals surface area contributed by atoms with E-state index in [4.69, 9.17) is 13.9 Å². The Labute approximate surface area is 198 Å². The summed E-state index contributed by atoms with van der Waals surface area (Å²) in [6, 6.07) is 10.3. The molecule has 4 atom stereocenters. The molecule has 4 heteroatoms. The fraction of sp³-hybridized carbons (Fsp3) is 0.714. The molecule has 0 saturated heterocycles. The second kappa shape index (κ2) is 9.36. The second-order valence-electron chi connectivity index (χ2n) is 12.4. The van der Waals surface area contributed by atoms with Gasteiger partial charge < -0.3 is 13.9 Å². The van der Waals surface area contributed by atoms with Crippen molar-refractivity contribution >= 4 is 8.32 Å². The summed E-state index contributed by atoms with van der Waals surface area (Å²) in [5.74, 6) is 0.566. The van der Waals surface area contributed by atoms with Crippen molar-refractivity contribution in [2.45, 2.75) is 104 Å². The normalized spacial score (nSPS) is 30.8. The maximum Gasteiger partial charge on any atom is 0.192 e. The Balaban J connectivity index is 1.62. The van der Waals surface area contributed by atoms with Crippen LogP contribution in [0.3, 0.4) is 0 Å². The van der Waals surface area contributed by atoms with Gasteiger partial charge in [-0.2, -0.15) is 0 Å². The van der Waals surface area contributed by atoms with Crippen LogP contribution in [-0.4, -0.2) is 27.3 Å². The molecule has 1 aromatic rings. The number of benzene rings is 1. The van der Waals surface area contributed by atoms with Crippen molar-refractivity contribution in [2.75, 3.05) is 6.79 Å². The summed E-state index contributed by atoms with van der Waals surface area (Å²) in [6.45, 7) is 24.6. The Morgan fingerprint density at radius 2 is 1.69 bits per heavy atom. The van der Waals surface area contributed by atoms with Gasteiger partial charge >= 0.3 is 0 Å². The SMILES string of the molecule is C=C1[C@H](OCOCc2ccccc2)CCC2C(C)(C)[C@@H](O[Si](C)(C)C(C)(C)C)CC[C@]12C. The molecule has 3 rings (SSSR count). The van der Waals surface area contributed by atoms with Crippen LogP contribution in [0, 0.1) is 16.7 Å². The molecule has 3 nitrogen and oxygen atoms in total. The Hall–Kier alpha value is -0.943. The van der Waals surface area contributed by atoms with Crippen molar-refractivity contribution in [2.24, 2.45) is 16.7 Å². The molecule has 0 spiro atoms. The van der Waals surface area contributed by atoms with E-state index in [0.717, 1.165) is 25.7 Å². The predicted octanol–water partition coefficient (Wildman–Crippen LogP) is 7.73. The van der Waals surface area contributed by atoms with Crippen molar-refractivity contribution in [3.8, 4) is 0 Å². The van der Waals surface area contributed by atoms with E-state index in [1.54, 1.807) is 0 Å². The van der Waals surface area contributed by atoms with Gasteiger partial charge in [-0.25, -0.2) is 0 Å². The number of hydrogen-bond acceptors (Lipinski definition) is 3. The Morgan fingerprint density at radius 3 is 2.31 bits per heavy atom. The molecule has 0 aliphatic heterocycles. The maximum atomic E-state index is 6.99. The third-order valence-corrected chi connectivity index (χ3v) is 13.5. The van der Waals surface area contributed by atoms with Crippen LogP contribution in [0.25, 0.3) is 0 Å². The summed E-state index contributed by atoms with van der Waals surface area (Å²) in [7, 11) is -1.81. The van der Waals surface area contributed by atoms with E-state index in [-0.39, 0.29) is 22.0 Å². The lowest BCUT2D eigenvalue weighted by Crippen LogP contribution is -2.58. The van der Waals surface area contributed by atoms with Gasteiger partial charge in [-0.05, 0) is 71.7 Å². The molecule has 1 aromatic carbocycles. The molecule has 2 fully saturated rings. The van der Waals surface area contributed by atoms with Crippen LogP contribution in [0.1, 0.15) is 72.8 Å². The number of ether oxygens (including phenoxy) is 2. The molecule has 2 aliphatic carbocycles. The van der Waals surface area contributed by atoms with Crippen LogP contribution in [0.2, 0.25) is 18.1 Å². The van der Waals surface area contributed by atoms with Gasteiger partial charge in [-0.15, -0.1) is 0 Å². The van der Waals surface area contributed by atoms with Crippen molar-refractivity contribution in [3.63, 3.8) is 0 Å². The fourth-order valence-electron chi connectivity index (χ4n) is 5.75. The Bertz CT molecular complexity index is 780. The topological polar surface area (TPSA) is 27.7 Å². The highest BCUT2D eigenvalue weighted by Crippen LogP contribution is 2.61. The average molecular weight is 459 g/mol.